The first-order chi connectivity index (χ1) is 12.1. The van der Waals surface area contributed by atoms with E-state index in [1.54, 1.807) is 7.11 Å². The Labute approximate surface area is 149 Å². The minimum Gasteiger partial charge on any atom is -0.381 e. The second kappa shape index (κ2) is 8.29. The van der Waals surface area contributed by atoms with Gasteiger partial charge in [0.05, 0.1) is 5.69 Å². The second-order valence-electron chi connectivity index (χ2n) is 7.17. The number of hydrogen-bond acceptors (Lipinski definition) is 5. The highest BCUT2D eigenvalue weighted by Crippen LogP contribution is 2.25. The van der Waals surface area contributed by atoms with Gasteiger partial charge in [-0.15, -0.1) is 0 Å². The number of carbonyl (C=O) groups excluding carboxylic acids is 1. The van der Waals surface area contributed by atoms with Crippen LogP contribution in [0.25, 0.3) is 0 Å². The van der Waals surface area contributed by atoms with E-state index in [1.165, 1.54) is 5.56 Å². The lowest BCUT2D eigenvalue weighted by Crippen LogP contribution is -2.51. The highest BCUT2D eigenvalue weighted by Gasteiger charge is 2.35. The number of likely N-dealkylation sites (tertiary alicyclic amines) is 1. The summed E-state index contributed by atoms with van der Waals surface area (Å²) in [5.41, 5.74) is 2.35. The topological polar surface area (TPSA) is 59.8 Å². The minimum atomic E-state index is 0.110. The van der Waals surface area contributed by atoms with E-state index in [0.29, 0.717) is 0 Å². The molecule has 25 heavy (non-hydrogen) atoms. The molecular weight excluding hydrogens is 320 g/mol. The standard InChI is InChI=1S/C18H30N4O3/c1-14-15(10-20(2)19-14)11-21-7-4-17(12-21)22(18(23)13-24-3)16-5-8-25-9-6-16/h10,16-17H,4-9,11-13H2,1-3H3. The summed E-state index contributed by atoms with van der Waals surface area (Å²) >= 11 is 0. The molecule has 1 aromatic rings. The highest BCUT2D eigenvalue weighted by atomic mass is 16.5. The largest absolute Gasteiger partial charge is 0.381 e. The first kappa shape index (κ1) is 18.4. The molecule has 7 heteroatoms. The Balaban J connectivity index is 1.65. The zero-order chi connectivity index (χ0) is 17.8. The lowest BCUT2D eigenvalue weighted by molar-refractivity contribution is -0.142. The first-order valence-corrected chi connectivity index (χ1v) is 9.17. The van der Waals surface area contributed by atoms with E-state index in [1.807, 2.05) is 11.7 Å². The van der Waals surface area contributed by atoms with E-state index in [4.69, 9.17) is 9.47 Å². The third kappa shape index (κ3) is 4.40. The Morgan fingerprint density at radius 2 is 2.12 bits per heavy atom. The van der Waals surface area contributed by atoms with E-state index in [0.717, 1.165) is 57.8 Å². The van der Waals surface area contributed by atoms with E-state index in [2.05, 4.69) is 28.0 Å². The molecule has 7 nitrogen and oxygen atoms in total. The predicted molar refractivity (Wildman–Crippen MR) is 94.2 cm³/mol. The molecule has 0 bridgehead atoms. The van der Waals surface area contributed by atoms with Gasteiger partial charge in [-0.05, 0) is 26.2 Å². The zero-order valence-corrected chi connectivity index (χ0v) is 15.6. The summed E-state index contributed by atoms with van der Waals surface area (Å²) in [4.78, 5) is 17.2. The molecule has 1 amide bonds. The Hall–Kier alpha value is -1.44. The molecule has 1 aromatic heterocycles. The maximum Gasteiger partial charge on any atom is 0.249 e. The first-order valence-electron chi connectivity index (χ1n) is 9.17. The van der Waals surface area contributed by atoms with Crippen molar-refractivity contribution in [2.45, 2.75) is 44.8 Å². The number of hydrogen-bond donors (Lipinski definition) is 0. The van der Waals surface area contributed by atoms with Crippen molar-refractivity contribution in [2.24, 2.45) is 7.05 Å². The van der Waals surface area contributed by atoms with Gasteiger partial charge in [0.25, 0.3) is 0 Å². The summed E-state index contributed by atoms with van der Waals surface area (Å²) < 4.78 is 12.5. The molecular formula is C18H30N4O3. The summed E-state index contributed by atoms with van der Waals surface area (Å²) in [6, 6.07) is 0.546. The van der Waals surface area contributed by atoms with Gasteiger partial charge in [-0.25, -0.2) is 0 Å². The molecule has 2 aliphatic rings. The summed E-state index contributed by atoms with van der Waals surface area (Å²) in [7, 11) is 3.55. The Bertz CT molecular complexity index is 583. The van der Waals surface area contributed by atoms with Crippen molar-refractivity contribution < 1.29 is 14.3 Å². The molecule has 0 N–H and O–H groups in total. The van der Waals surface area contributed by atoms with E-state index in [-0.39, 0.29) is 24.6 Å². The number of carbonyl (C=O) groups is 1. The molecule has 2 fully saturated rings. The van der Waals surface area contributed by atoms with Gasteiger partial charge >= 0.3 is 0 Å². The molecule has 0 radical (unpaired) electrons. The van der Waals surface area contributed by atoms with Crippen LogP contribution in [0.5, 0.6) is 0 Å². The minimum absolute atomic E-state index is 0.110. The quantitative estimate of drug-likeness (QED) is 0.765. The molecule has 0 aliphatic carbocycles. The van der Waals surface area contributed by atoms with Crippen molar-refractivity contribution >= 4 is 5.91 Å². The van der Waals surface area contributed by atoms with Gasteiger partial charge in [-0.3, -0.25) is 14.4 Å². The smallest absolute Gasteiger partial charge is 0.249 e. The number of nitrogens with zero attached hydrogens (tertiary/aromatic N) is 4. The third-order valence-corrected chi connectivity index (χ3v) is 5.29. The molecule has 0 saturated carbocycles. The average Bonchev–Trinajstić information content (AvgIpc) is 3.16. The summed E-state index contributed by atoms with van der Waals surface area (Å²) in [5.74, 6) is 0.110. The van der Waals surface area contributed by atoms with Crippen LogP contribution in [-0.2, 0) is 27.9 Å². The van der Waals surface area contributed by atoms with Crippen LogP contribution >= 0.6 is 0 Å². The number of aromatic nitrogens is 2. The van der Waals surface area contributed by atoms with Gasteiger partial charge in [0, 0.05) is 70.8 Å². The lowest BCUT2D eigenvalue weighted by Gasteiger charge is -2.38. The Kier molecular flexibility index (Phi) is 6.09. The summed E-state index contributed by atoms with van der Waals surface area (Å²) in [6.45, 7) is 6.53. The Morgan fingerprint density at radius 1 is 1.36 bits per heavy atom. The van der Waals surface area contributed by atoms with Gasteiger partial charge in [0.2, 0.25) is 5.91 Å². The zero-order valence-electron chi connectivity index (χ0n) is 15.6. The molecule has 3 heterocycles. The van der Waals surface area contributed by atoms with Gasteiger partial charge < -0.3 is 14.4 Å². The highest BCUT2D eigenvalue weighted by molar-refractivity contribution is 5.78. The SMILES string of the molecule is COCC(=O)N(C1CCOCC1)C1CCN(Cc2cn(C)nc2C)C1. The van der Waals surface area contributed by atoms with Crippen LogP contribution in [0.1, 0.15) is 30.5 Å². The fraction of sp³-hybridized carbons (Fsp3) is 0.778. The van der Waals surface area contributed by atoms with Crippen LogP contribution in [-0.4, -0.2) is 77.6 Å². The van der Waals surface area contributed by atoms with Gasteiger partial charge in [-0.1, -0.05) is 0 Å². The second-order valence-corrected chi connectivity index (χ2v) is 7.17. The summed E-state index contributed by atoms with van der Waals surface area (Å²) in [6.07, 6.45) is 4.96. The van der Waals surface area contributed by atoms with Crippen molar-refractivity contribution in [1.82, 2.24) is 19.6 Å². The van der Waals surface area contributed by atoms with Crippen LogP contribution in [0.3, 0.4) is 0 Å². The Morgan fingerprint density at radius 3 is 2.76 bits per heavy atom. The maximum absolute atomic E-state index is 12.7. The van der Waals surface area contributed by atoms with Crippen LogP contribution in [0, 0.1) is 6.92 Å². The number of amides is 1. The van der Waals surface area contributed by atoms with Crippen molar-refractivity contribution in [3.63, 3.8) is 0 Å². The molecule has 140 valence electrons. The number of aryl methyl sites for hydroxylation is 2. The number of ether oxygens (including phenoxy) is 2. The normalized spacial score (nSPS) is 22.4. The van der Waals surface area contributed by atoms with E-state index >= 15 is 0 Å². The molecule has 3 rings (SSSR count). The van der Waals surface area contributed by atoms with Crippen LogP contribution in [0.4, 0.5) is 0 Å². The van der Waals surface area contributed by atoms with Crippen molar-refractivity contribution in [1.29, 1.82) is 0 Å². The molecule has 2 aliphatic heterocycles. The van der Waals surface area contributed by atoms with Crippen molar-refractivity contribution in [3.05, 3.63) is 17.5 Å². The molecule has 2 saturated heterocycles. The van der Waals surface area contributed by atoms with Gasteiger partial charge in [-0.2, -0.15) is 5.10 Å². The van der Waals surface area contributed by atoms with Gasteiger partial charge in [0.15, 0.2) is 0 Å². The van der Waals surface area contributed by atoms with Crippen LogP contribution in [0.15, 0.2) is 6.20 Å². The number of rotatable bonds is 6. The number of methoxy groups -OCH3 is 1. The van der Waals surface area contributed by atoms with E-state index < -0.39 is 0 Å². The van der Waals surface area contributed by atoms with Crippen molar-refractivity contribution in [2.75, 3.05) is 40.0 Å². The predicted octanol–water partition coefficient (Wildman–Crippen LogP) is 0.957. The van der Waals surface area contributed by atoms with E-state index in [9.17, 15) is 4.79 Å². The molecule has 1 atom stereocenters. The monoisotopic (exact) mass is 350 g/mol. The molecule has 0 spiro atoms. The lowest BCUT2D eigenvalue weighted by atomic mass is 10.0. The fourth-order valence-electron chi connectivity index (χ4n) is 4.09. The fourth-order valence-corrected chi connectivity index (χ4v) is 4.09. The molecule has 1 unspecified atom stereocenters. The van der Waals surface area contributed by atoms with Crippen LogP contribution in [0.2, 0.25) is 0 Å². The molecule has 0 aromatic carbocycles. The van der Waals surface area contributed by atoms with Crippen molar-refractivity contribution in [3.8, 4) is 0 Å². The maximum atomic E-state index is 12.7. The summed E-state index contributed by atoms with van der Waals surface area (Å²) in [5, 5.41) is 4.43. The van der Waals surface area contributed by atoms with Crippen LogP contribution < -0.4 is 0 Å². The van der Waals surface area contributed by atoms with Gasteiger partial charge in [0.1, 0.15) is 6.61 Å². The average molecular weight is 350 g/mol. The third-order valence-electron chi connectivity index (χ3n) is 5.29.